The molecule has 1 unspecified atom stereocenters. The highest BCUT2D eigenvalue weighted by atomic mass is 16.7. The first-order chi connectivity index (χ1) is 22.5. The van der Waals surface area contributed by atoms with Crippen LogP contribution in [0.25, 0.3) is 0 Å². The van der Waals surface area contributed by atoms with E-state index in [1.165, 1.54) is 20.3 Å². The van der Waals surface area contributed by atoms with Gasteiger partial charge in [-0.3, -0.25) is 4.90 Å². The van der Waals surface area contributed by atoms with Gasteiger partial charge in [-0.05, 0) is 69.6 Å². The number of nitrogens with zero attached hydrogens (tertiary/aromatic N) is 1. The summed E-state index contributed by atoms with van der Waals surface area (Å²) in [7, 11) is 2.97. The average molecular weight is 674 g/mol. The zero-order chi connectivity index (χ0) is 34.4. The van der Waals surface area contributed by atoms with Crippen LogP contribution >= 0.6 is 0 Å². The van der Waals surface area contributed by atoms with Crippen molar-refractivity contribution >= 4 is 5.97 Å². The Hall–Kier alpha value is -2.03. The average Bonchev–Trinajstić information content (AvgIpc) is 3.21. The van der Waals surface area contributed by atoms with Crippen LogP contribution in [0.2, 0.25) is 0 Å². The molecule has 4 bridgehead atoms. The molecule has 8 rings (SSSR count). The van der Waals surface area contributed by atoms with Crippen molar-refractivity contribution in [1.29, 1.82) is 0 Å². The minimum atomic E-state index is -2.10. The minimum Gasteiger partial charge on any atom is -0.493 e. The van der Waals surface area contributed by atoms with Crippen molar-refractivity contribution < 1.29 is 54.4 Å². The second-order valence-corrected chi connectivity index (χ2v) is 16.8. The van der Waals surface area contributed by atoms with Crippen molar-refractivity contribution in [2.75, 3.05) is 27.3 Å². The van der Waals surface area contributed by atoms with Crippen LogP contribution in [0, 0.1) is 29.1 Å². The van der Waals surface area contributed by atoms with Crippen molar-refractivity contribution in [1.82, 2.24) is 4.90 Å². The molecular weight excluding hydrogens is 622 g/mol. The van der Waals surface area contributed by atoms with E-state index in [0.29, 0.717) is 56.1 Å². The molecule has 0 radical (unpaired) electrons. The highest BCUT2D eigenvalue weighted by molar-refractivity contribution is 5.90. The maximum atomic E-state index is 13.5. The van der Waals surface area contributed by atoms with E-state index < -0.39 is 81.2 Å². The summed E-state index contributed by atoms with van der Waals surface area (Å²) in [5.74, 6) is -3.63. The van der Waals surface area contributed by atoms with E-state index in [9.17, 15) is 35.4 Å². The van der Waals surface area contributed by atoms with Crippen LogP contribution in [0.3, 0.4) is 0 Å². The van der Waals surface area contributed by atoms with Gasteiger partial charge >= 0.3 is 5.97 Å². The SMILES string of the molecule is COc1ccc(C(=O)O[C@H]2CC[C@@]3(C)[C@@H]4CC[C@@H]5C3(C[C@@]3(O)[C@@H]6CN7C[C@@H](C)CC[C@H]7[C@@](C)(O)[C@@]6(O)[C@@H](O)C[C@@]53O)O[C@@]24O)cc1OC. The summed E-state index contributed by atoms with van der Waals surface area (Å²) < 4.78 is 23.5. The number of hydrogen-bond donors (Lipinski definition) is 6. The Bertz CT molecular complexity index is 1520. The predicted octanol–water partition coefficient (Wildman–Crippen LogP) is 1.36. The van der Waals surface area contributed by atoms with Crippen molar-refractivity contribution in [3.8, 4) is 11.5 Å². The molecule has 7 aliphatic rings. The zero-order valence-electron chi connectivity index (χ0n) is 28.5. The number of carbonyl (C=O) groups is 1. The number of benzene rings is 1. The van der Waals surface area contributed by atoms with E-state index in [1.54, 1.807) is 19.1 Å². The van der Waals surface area contributed by atoms with E-state index in [0.717, 1.165) is 6.42 Å². The Morgan fingerprint density at radius 2 is 1.60 bits per heavy atom. The molecule has 4 aliphatic carbocycles. The Balaban J connectivity index is 1.16. The van der Waals surface area contributed by atoms with Gasteiger partial charge in [0, 0.05) is 55.1 Å². The molecule has 266 valence electrons. The zero-order valence-corrected chi connectivity index (χ0v) is 28.5. The van der Waals surface area contributed by atoms with Gasteiger partial charge in [0.15, 0.2) is 17.6 Å². The highest BCUT2D eigenvalue weighted by Crippen LogP contribution is 2.78. The number of aliphatic hydroxyl groups excluding tert-OH is 1. The molecule has 12 nitrogen and oxygen atoms in total. The van der Waals surface area contributed by atoms with E-state index in [1.807, 2.05) is 6.92 Å². The molecule has 14 atom stereocenters. The molecule has 4 saturated carbocycles. The maximum absolute atomic E-state index is 13.5. The van der Waals surface area contributed by atoms with Gasteiger partial charge in [0.2, 0.25) is 5.79 Å². The van der Waals surface area contributed by atoms with Crippen molar-refractivity contribution in [2.24, 2.45) is 29.1 Å². The standard InChI is InChI=1S/C36H51NO11/c1-19-6-11-26-31(3,40)35(43)25(17-37(26)16-19)33(42)18-34-24(32(33,41)15-27(35)38)10-9-23-30(34,2)13-12-28(36(23,44)48-34)47-29(39)20-7-8-21(45-4)22(14-20)46-5/h7-8,14,19,23-28,38,40-44H,6,9-13,15-18H2,1-5H3/t19-,23-,24-,25-,26-,27-,28-,30-,31+,32+,33+,34?,35-,36+/m0/s1. The Labute approximate surface area is 280 Å². The minimum absolute atomic E-state index is 0.101. The fourth-order valence-electron chi connectivity index (χ4n) is 12.6. The number of aliphatic hydroxyl groups is 6. The topological polar surface area (TPSA) is 179 Å². The van der Waals surface area contributed by atoms with Gasteiger partial charge in [-0.25, -0.2) is 4.79 Å². The van der Waals surface area contributed by atoms with Crippen LogP contribution in [0.4, 0.5) is 0 Å². The summed E-state index contributed by atoms with van der Waals surface area (Å²) >= 11 is 0. The molecule has 0 aromatic heterocycles. The van der Waals surface area contributed by atoms with Gasteiger partial charge in [-0.2, -0.15) is 0 Å². The molecule has 48 heavy (non-hydrogen) atoms. The number of carbonyl (C=O) groups excluding carboxylic acids is 1. The van der Waals surface area contributed by atoms with Crippen LogP contribution < -0.4 is 9.47 Å². The van der Waals surface area contributed by atoms with Gasteiger partial charge in [-0.15, -0.1) is 0 Å². The van der Waals surface area contributed by atoms with Crippen LogP contribution in [-0.2, 0) is 9.47 Å². The first-order valence-electron chi connectivity index (χ1n) is 17.6. The Morgan fingerprint density at radius 1 is 0.896 bits per heavy atom. The number of rotatable bonds is 4. The van der Waals surface area contributed by atoms with Crippen molar-refractivity contribution in [2.45, 2.75) is 124 Å². The summed E-state index contributed by atoms with van der Waals surface area (Å²) in [6.45, 7) is 6.57. The maximum Gasteiger partial charge on any atom is 0.338 e. The lowest BCUT2D eigenvalue weighted by Gasteiger charge is -2.68. The number of piperidine rings is 2. The number of methoxy groups -OCH3 is 2. The number of esters is 1. The first-order valence-corrected chi connectivity index (χ1v) is 17.6. The molecule has 3 heterocycles. The third-order valence-corrected chi connectivity index (χ3v) is 14.9. The summed E-state index contributed by atoms with van der Waals surface area (Å²) in [5, 5.41) is 74.7. The second-order valence-electron chi connectivity index (χ2n) is 16.8. The molecule has 0 amide bonds. The monoisotopic (exact) mass is 673 g/mol. The van der Waals surface area contributed by atoms with Crippen LogP contribution in [0.15, 0.2) is 18.2 Å². The predicted molar refractivity (Wildman–Crippen MR) is 169 cm³/mol. The molecule has 3 saturated heterocycles. The van der Waals surface area contributed by atoms with E-state index in [-0.39, 0.29) is 24.9 Å². The Kier molecular flexibility index (Phi) is 6.94. The summed E-state index contributed by atoms with van der Waals surface area (Å²) in [6.07, 6.45) is 0.172. The molecule has 3 aliphatic heterocycles. The molecule has 7 fully saturated rings. The fourth-order valence-corrected chi connectivity index (χ4v) is 12.6. The van der Waals surface area contributed by atoms with Gasteiger partial charge < -0.3 is 49.6 Å². The lowest BCUT2D eigenvalue weighted by molar-refractivity contribution is -0.354. The number of hydrogen-bond acceptors (Lipinski definition) is 12. The molecule has 12 heteroatoms. The summed E-state index contributed by atoms with van der Waals surface area (Å²) in [6, 6.07) is 4.28. The third kappa shape index (κ3) is 3.66. The molecule has 1 spiro atoms. The molecule has 1 aromatic rings. The lowest BCUT2D eigenvalue weighted by Crippen LogP contribution is -2.85. The largest absolute Gasteiger partial charge is 0.493 e. The van der Waals surface area contributed by atoms with Gasteiger partial charge in [0.05, 0.1) is 31.5 Å². The van der Waals surface area contributed by atoms with Crippen molar-refractivity contribution in [3.63, 3.8) is 0 Å². The van der Waals surface area contributed by atoms with Gasteiger partial charge in [0.1, 0.15) is 22.4 Å². The number of fused-ring (bicyclic) bond motifs is 5. The van der Waals surface area contributed by atoms with Crippen molar-refractivity contribution in [3.05, 3.63) is 23.8 Å². The summed E-state index contributed by atoms with van der Waals surface area (Å²) in [4.78, 5) is 15.6. The number of ether oxygens (including phenoxy) is 4. The van der Waals surface area contributed by atoms with Gasteiger partial charge in [0.25, 0.3) is 0 Å². The van der Waals surface area contributed by atoms with Crippen LogP contribution in [-0.4, -0.2) is 121 Å². The Morgan fingerprint density at radius 3 is 2.31 bits per heavy atom. The normalized spacial score (nSPS) is 53.6. The van der Waals surface area contributed by atoms with Gasteiger partial charge in [-0.1, -0.05) is 13.8 Å². The highest BCUT2D eigenvalue weighted by Gasteiger charge is 2.88. The first kappa shape index (κ1) is 33.1. The van der Waals surface area contributed by atoms with Crippen LogP contribution in [0.1, 0.15) is 82.5 Å². The van der Waals surface area contributed by atoms with E-state index in [4.69, 9.17) is 18.9 Å². The lowest BCUT2D eigenvalue weighted by atomic mass is 9.49. The second kappa shape index (κ2) is 10.1. The molecule has 1 aromatic carbocycles. The smallest absolute Gasteiger partial charge is 0.338 e. The fraction of sp³-hybridized carbons (Fsp3) is 0.806. The van der Waals surface area contributed by atoms with Crippen LogP contribution in [0.5, 0.6) is 11.5 Å². The summed E-state index contributed by atoms with van der Waals surface area (Å²) in [5.41, 5.74) is -9.44. The van der Waals surface area contributed by atoms with E-state index in [2.05, 4.69) is 11.8 Å². The van der Waals surface area contributed by atoms with E-state index >= 15 is 0 Å². The molecule has 6 N–H and O–H groups in total. The quantitative estimate of drug-likeness (QED) is 0.253. The third-order valence-electron chi connectivity index (χ3n) is 14.9. The molecular formula is C36H51NO11.